The van der Waals surface area contributed by atoms with Gasteiger partial charge in [-0.1, -0.05) is 41.9 Å². The third-order valence-corrected chi connectivity index (χ3v) is 4.13. The fourth-order valence-electron chi connectivity index (χ4n) is 2.85. The van der Waals surface area contributed by atoms with Crippen LogP contribution in [0, 0.1) is 0 Å². The Balaban J connectivity index is 1.86. The van der Waals surface area contributed by atoms with Crippen molar-refractivity contribution >= 4 is 29.4 Å². The average molecular weight is 346 g/mol. The summed E-state index contributed by atoms with van der Waals surface area (Å²) in [6, 6.07) is 12.4. The molecule has 1 amide bonds. The van der Waals surface area contributed by atoms with Gasteiger partial charge in [0.15, 0.2) is 0 Å². The maximum absolute atomic E-state index is 12.5. The lowest BCUT2D eigenvalue weighted by atomic mass is 9.98. The molecule has 24 heavy (non-hydrogen) atoms. The zero-order chi connectivity index (χ0) is 17.1. The van der Waals surface area contributed by atoms with Crippen LogP contribution in [0.25, 0.3) is 0 Å². The Morgan fingerprint density at radius 2 is 1.96 bits per heavy atom. The molecule has 3 rings (SSSR count). The van der Waals surface area contributed by atoms with Gasteiger partial charge < -0.3 is 9.84 Å². The van der Waals surface area contributed by atoms with Crippen molar-refractivity contribution < 1.29 is 19.4 Å². The second-order valence-corrected chi connectivity index (χ2v) is 6.00. The zero-order valence-corrected chi connectivity index (χ0v) is 13.6. The van der Waals surface area contributed by atoms with Gasteiger partial charge in [-0.15, -0.1) is 0 Å². The molecule has 6 heteroatoms. The van der Waals surface area contributed by atoms with Crippen LogP contribution in [0.4, 0.5) is 10.5 Å². The molecule has 2 aromatic carbocycles. The van der Waals surface area contributed by atoms with Gasteiger partial charge in [-0.3, -0.25) is 4.90 Å². The summed E-state index contributed by atoms with van der Waals surface area (Å²) in [7, 11) is 0. The number of carboxylic acids is 1. The van der Waals surface area contributed by atoms with Crippen LogP contribution in [-0.2, 0) is 17.8 Å². The van der Waals surface area contributed by atoms with Crippen LogP contribution < -0.4 is 4.90 Å². The summed E-state index contributed by atoms with van der Waals surface area (Å²) in [5.74, 6) is -1.11. The third-order valence-electron chi connectivity index (χ3n) is 3.91. The third kappa shape index (κ3) is 3.36. The molecule has 0 unspecified atom stereocenters. The standard InChI is InChI=1S/C18H16ClNO4/c19-14-9-13-7-4-8-20(16(13)15(10-14)17(21)22)18(23)24-11-12-5-2-1-3-6-12/h1-3,5-6,9-10H,4,7-8,11H2,(H,21,22). The van der Waals surface area contributed by atoms with Crippen LogP contribution in [0.2, 0.25) is 5.02 Å². The van der Waals surface area contributed by atoms with Crippen molar-refractivity contribution in [2.75, 3.05) is 11.4 Å². The number of amides is 1. The van der Waals surface area contributed by atoms with Gasteiger partial charge in [0.05, 0.1) is 11.3 Å². The second-order valence-electron chi connectivity index (χ2n) is 5.56. The second kappa shape index (κ2) is 6.93. The monoisotopic (exact) mass is 345 g/mol. The molecule has 0 bridgehead atoms. The molecular weight excluding hydrogens is 330 g/mol. The minimum absolute atomic E-state index is 0.0221. The molecule has 1 N–H and O–H groups in total. The van der Waals surface area contributed by atoms with Gasteiger partial charge in [-0.25, -0.2) is 9.59 Å². The molecule has 0 spiro atoms. The summed E-state index contributed by atoms with van der Waals surface area (Å²) in [6.45, 7) is 0.560. The fourth-order valence-corrected chi connectivity index (χ4v) is 3.09. The minimum atomic E-state index is -1.11. The lowest BCUT2D eigenvalue weighted by Crippen LogP contribution is -2.37. The molecule has 0 aliphatic carbocycles. The number of aryl methyl sites for hydroxylation is 1. The molecule has 124 valence electrons. The van der Waals surface area contributed by atoms with Crippen molar-refractivity contribution in [3.8, 4) is 0 Å². The molecule has 1 aliphatic heterocycles. The van der Waals surface area contributed by atoms with E-state index in [1.807, 2.05) is 30.3 Å². The first-order chi connectivity index (χ1) is 11.6. The number of aromatic carboxylic acids is 1. The summed E-state index contributed by atoms with van der Waals surface area (Å²) < 4.78 is 5.35. The Kier molecular flexibility index (Phi) is 4.71. The van der Waals surface area contributed by atoms with E-state index in [9.17, 15) is 14.7 Å². The summed E-state index contributed by atoms with van der Waals surface area (Å²) in [6.07, 6.45) is 0.857. The van der Waals surface area contributed by atoms with Gasteiger partial charge in [0.1, 0.15) is 6.61 Å². The maximum Gasteiger partial charge on any atom is 0.414 e. The highest BCUT2D eigenvalue weighted by atomic mass is 35.5. The van der Waals surface area contributed by atoms with Crippen LogP contribution in [0.15, 0.2) is 42.5 Å². The Morgan fingerprint density at radius 3 is 2.67 bits per heavy atom. The van der Waals surface area contributed by atoms with Crippen LogP contribution >= 0.6 is 11.6 Å². The lowest BCUT2D eigenvalue weighted by molar-refractivity contribution is 0.0697. The summed E-state index contributed by atoms with van der Waals surface area (Å²) in [5, 5.41) is 9.79. The van der Waals surface area contributed by atoms with E-state index in [1.54, 1.807) is 6.07 Å². The van der Waals surface area contributed by atoms with Gasteiger partial charge in [-0.2, -0.15) is 0 Å². The molecule has 0 radical (unpaired) electrons. The summed E-state index contributed by atoms with van der Waals surface area (Å²) >= 11 is 6.00. The molecule has 0 saturated heterocycles. The van der Waals surface area contributed by atoms with E-state index in [-0.39, 0.29) is 12.2 Å². The number of benzene rings is 2. The Bertz CT molecular complexity index is 776. The smallest absolute Gasteiger partial charge is 0.414 e. The summed E-state index contributed by atoms with van der Waals surface area (Å²) in [4.78, 5) is 25.4. The lowest BCUT2D eigenvalue weighted by Gasteiger charge is -2.30. The van der Waals surface area contributed by atoms with Crippen molar-refractivity contribution in [2.45, 2.75) is 19.4 Å². The molecule has 0 aromatic heterocycles. The van der Waals surface area contributed by atoms with Crippen LogP contribution in [-0.4, -0.2) is 23.7 Å². The quantitative estimate of drug-likeness (QED) is 0.908. The van der Waals surface area contributed by atoms with Gasteiger partial charge in [0.25, 0.3) is 0 Å². The van der Waals surface area contributed by atoms with Gasteiger partial charge in [0.2, 0.25) is 0 Å². The Morgan fingerprint density at radius 1 is 1.21 bits per heavy atom. The SMILES string of the molecule is O=C(O)c1cc(Cl)cc2c1N(C(=O)OCc1ccccc1)CCC2. The highest BCUT2D eigenvalue weighted by molar-refractivity contribution is 6.31. The van der Waals surface area contributed by atoms with Gasteiger partial charge in [-0.05, 0) is 36.1 Å². The molecule has 0 fully saturated rings. The van der Waals surface area contributed by atoms with E-state index in [0.29, 0.717) is 23.7 Å². The number of anilines is 1. The number of carbonyl (C=O) groups is 2. The minimum Gasteiger partial charge on any atom is -0.478 e. The largest absolute Gasteiger partial charge is 0.478 e. The molecule has 0 saturated carbocycles. The van der Waals surface area contributed by atoms with E-state index in [0.717, 1.165) is 17.5 Å². The first-order valence-corrected chi connectivity index (χ1v) is 7.98. The highest BCUT2D eigenvalue weighted by Gasteiger charge is 2.29. The number of hydrogen-bond acceptors (Lipinski definition) is 3. The zero-order valence-electron chi connectivity index (χ0n) is 12.9. The van der Waals surface area contributed by atoms with Crippen molar-refractivity contribution in [3.05, 3.63) is 64.2 Å². The Hall–Kier alpha value is -2.53. The van der Waals surface area contributed by atoms with Crippen molar-refractivity contribution in [2.24, 2.45) is 0 Å². The van der Waals surface area contributed by atoms with Crippen LogP contribution in [0.3, 0.4) is 0 Å². The highest BCUT2D eigenvalue weighted by Crippen LogP contribution is 2.34. The van der Waals surface area contributed by atoms with Gasteiger partial charge in [0, 0.05) is 11.6 Å². The first-order valence-electron chi connectivity index (χ1n) is 7.60. The van der Waals surface area contributed by atoms with Crippen LogP contribution in [0.5, 0.6) is 0 Å². The number of fused-ring (bicyclic) bond motifs is 1. The molecule has 0 atom stereocenters. The van der Waals surface area contributed by atoms with E-state index in [2.05, 4.69) is 0 Å². The first kappa shape index (κ1) is 16.3. The number of hydrogen-bond donors (Lipinski definition) is 1. The van der Waals surface area contributed by atoms with Crippen molar-refractivity contribution in [3.63, 3.8) is 0 Å². The number of ether oxygens (including phenoxy) is 1. The van der Waals surface area contributed by atoms with E-state index < -0.39 is 12.1 Å². The predicted molar refractivity (Wildman–Crippen MR) is 90.7 cm³/mol. The molecule has 1 aliphatic rings. The maximum atomic E-state index is 12.5. The summed E-state index contributed by atoms with van der Waals surface area (Å²) in [5.41, 5.74) is 2.03. The predicted octanol–water partition coefficient (Wildman–Crippen LogP) is 4.13. The van der Waals surface area contributed by atoms with E-state index >= 15 is 0 Å². The fraction of sp³-hybridized carbons (Fsp3) is 0.222. The normalized spacial score (nSPS) is 13.3. The number of halogens is 1. The number of nitrogens with zero attached hydrogens (tertiary/aromatic N) is 1. The van der Waals surface area contributed by atoms with E-state index in [4.69, 9.17) is 16.3 Å². The van der Waals surface area contributed by atoms with Gasteiger partial charge >= 0.3 is 12.1 Å². The molecule has 5 nitrogen and oxygen atoms in total. The van der Waals surface area contributed by atoms with Crippen molar-refractivity contribution in [1.82, 2.24) is 0 Å². The number of carbonyl (C=O) groups excluding carboxylic acids is 1. The average Bonchev–Trinajstić information content (AvgIpc) is 2.59. The molecule has 2 aromatic rings. The number of rotatable bonds is 3. The topological polar surface area (TPSA) is 66.8 Å². The van der Waals surface area contributed by atoms with Crippen LogP contribution in [0.1, 0.15) is 27.9 Å². The molecule has 1 heterocycles. The molecular formula is C18H16ClNO4. The van der Waals surface area contributed by atoms with E-state index in [1.165, 1.54) is 11.0 Å². The Labute approximate surface area is 144 Å². The van der Waals surface area contributed by atoms with Crippen molar-refractivity contribution in [1.29, 1.82) is 0 Å². The number of carboxylic acid groups (broad SMARTS) is 1.